The van der Waals surface area contributed by atoms with Gasteiger partial charge in [-0.05, 0) is 18.1 Å². The smallest absolute Gasteiger partial charge is 0.0465 e. The molecule has 1 aromatic rings. The molecule has 1 aromatic carbocycles. The van der Waals surface area contributed by atoms with E-state index in [1.807, 2.05) is 36.4 Å². The summed E-state index contributed by atoms with van der Waals surface area (Å²) in [4.78, 5) is 0. The van der Waals surface area contributed by atoms with Crippen LogP contribution < -0.4 is 5.73 Å². The second kappa shape index (κ2) is 4.57. The fourth-order valence-electron chi connectivity index (χ4n) is 0.948. The van der Waals surface area contributed by atoms with Crippen molar-refractivity contribution in [3.05, 3.63) is 35.9 Å². The highest BCUT2D eigenvalue weighted by Gasteiger charge is 1.89. The first-order chi connectivity index (χ1) is 5.84. The molecule has 0 aliphatic heterocycles. The monoisotopic (exact) mass is 163 g/mol. The number of nitrogens with two attached hydrogens (primary N) is 1. The number of nitrogen functional groups attached to an aromatic ring is 1. The van der Waals surface area contributed by atoms with E-state index in [0.29, 0.717) is 6.42 Å². The van der Waals surface area contributed by atoms with Crippen molar-refractivity contribution >= 4 is 11.8 Å². The van der Waals surface area contributed by atoms with Crippen LogP contribution >= 0.6 is 0 Å². The molecule has 0 heterocycles. The van der Waals surface area contributed by atoms with E-state index in [9.17, 15) is 0 Å². The van der Waals surface area contributed by atoms with Crippen LogP contribution in [-0.2, 0) is 0 Å². The summed E-state index contributed by atoms with van der Waals surface area (Å²) in [6, 6.07) is 7.65. The Labute approximate surface area is 72.3 Å². The van der Waals surface area contributed by atoms with Gasteiger partial charge in [0.2, 0.25) is 0 Å². The third-order valence-electron chi connectivity index (χ3n) is 1.59. The van der Waals surface area contributed by atoms with Gasteiger partial charge in [0.15, 0.2) is 0 Å². The molecule has 0 aliphatic rings. The van der Waals surface area contributed by atoms with Gasteiger partial charge >= 0.3 is 0 Å². The molecule has 1 rings (SSSR count). The van der Waals surface area contributed by atoms with Gasteiger partial charge in [0.1, 0.15) is 0 Å². The molecule has 2 heteroatoms. The van der Waals surface area contributed by atoms with Crippen molar-refractivity contribution in [1.82, 2.24) is 0 Å². The molecule has 0 aliphatic carbocycles. The zero-order valence-electron chi connectivity index (χ0n) is 6.90. The fourth-order valence-corrected chi connectivity index (χ4v) is 0.948. The fraction of sp³-hybridized carbons (Fsp3) is 0.200. The molecule has 0 fully saturated rings. The summed E-state index contributed by atoms with van der Waals surface area (Å²) in [6.45, 7) is 0.184. The van der Waals surface area contributed by atoms with E-state index in [0.717, 1.165) is 11.3 Å². The molecule has 0 saturated carbocycles. The Kier molecular flexibility index (Phi) is 3.35. The predicted molar refractivity (Wildman–Crippen MR) is 51.6 cm³/mol. The second-order valence-electron chi connectivity index (χ2n) is 2.54. The molecule has 0 atom stereocenters. The maximum Gasteiger partial charge on any atom is 0.0465 e. The van der Waals surface area contributed by atoms with Gasteiger partial charge < -0.3 is 10.8 Å². The zero-order chi connectivity index (χ0) is 8.81. The highest BCUT2D eigenvalue weighted by atomic mass is 16.2. The van der Waals surface area contributed by atoms with Crippen molar-refractivity contribution < 1.29 is 5.11 Å². The number of benzene rings is 1. The molecule has 12 heavy (non-hydrogen) atoms. The Hall–Kier alpha value is -1.28. The molecular formula is C10H13NO. The van der Waals surface area contributed by atoms with E-state index in [1.165, 1.54) is 0 Å². The lowest BCUT2D eigenvalue weighted by Gasteiger charge is -1.97. The van der Waals surface area contributed by atoms with Crippen molar-refractivity contribution in [3.63, 3.8) is 0 Å². The number of aliphatic hydroxyl groups is 1. The maximum absolute atomic E-state index is 8.53. The third-order valence-corrected chi connectivity index (χ3v) is 1.59. The molecule has 3 N–H and O–H groups in total. The Morgan fingerprint density at radius 2 is 2.08 bits per heavy atom. The van der Waals surface area contributed by atoms with Crippen LogP contribution in [0.1, 0.15) is 12.0 Å². The summed E-state index contributed by atoms with van der Waals surface area (Å²) < 4.78 is 0. The third kappa shape index (κ3) is 2.40. The number of para-hydroxylation sites is 1. The van der Waals surface area contributed by atoms with Gasteiger partial charge in [0.25, 0.3) is 0 Å². The topological polar surface area (TPSA) is 46.2 Å². The van der Waals surface area contributed by atoms with Gasteiger partial charge in [-0.25, -0.2) is 0 Å². The van der Waals surface area contributed by atoms with Crippen molar-refractivity contribution in [2.45, 2.75) is 6.42 Å². The Morgan fingerprint density at radius 1 is 1.33 bits per heavy atom. The van der Waals surface area contributed by atoms with E-state index in [2.05, 4.69) is 0 Å². The molecule has 2 nitrogen and oxygen atoms in total. The molecule has 0 unspecified atom stereocenters. The first-order valence-electron chi connectivity index (χ1n) is 3.96. The van der Waals surface area contributed by atoms with Crippen molar-refractivity contribution in [2.75, 3.05) is 12.3 Å². The van der Waals surface area contributed by atoms with Crippen molar-refractivity contribution in [2.24, 2.45) is 0 Å². The number of hydrogen-bond acceptors (Lipinski definition) is 2. The summed E-state index contributed by atoms with van der Waals surface area (Å²) in [6.07, 6.45) is 4.51. The molecule has 0 aromatic heterocycles. The van der Waals surface area contributed by atoms with Gasteiger partial charge in [0, 0.05) is 12.3 Å². The average Bonchev–Trinajstić information content (AvgIpc) is 2.09. The Balaban J connectivity index is 2.68. The van der Waals surface area contributed by atoms with Crippen LogP contribution in [0.4, 0.5) is 5.69 Å². The molecule has 0 radical (unpaired) electrons. The van der Waals surface area contributed by atoms with E-state index in [4.69, 9.17) is 10.8 Å². The van der Waals surface area contributed by atoms with Crippen LogP contribution in [0.25, 0.3) is 6.08 Å². The second-order valence-corrected chi connectivity index (χ2v) is 2.54. The van der Waals surface area contributed by atoms with Crippen LogP contribution in [0.2, 0.25) is 0 Å². The first-order valence-corrected chi connectivity index (χ1v) is 3.96. The largest absolute Gasteiger partial charge is 0.398 e. The van der Waals surface area contributed by atoms with Gasteiger partial charge in [-0.15, -0.1) is 0 Å². The molecule has 64 valence electrons. The van der Waals surface area contributed by atoms with Crippen molar-refractivity contribution in [3.8, 4) is 0 Å². The summed E-state index contributed by atoms with van der Waals surface area (Å²) in [5.41, 5.74) is 7.46. The minimum atomic E-state index is 0.184. The van der Waals surface area contributed by atoms with Crippen LogP contribution in [0.3, 0.4) is 0 Å². The lowest BCUT2D eigenvalue weighted by molar-refractivity contribution is 0.303. The number of aliphatic hydroxyl groups excluding tert-OH is 1. The standard InChI is InChI=1S/C10H13NO/c11-10-7-2-1-5-9(10)6-3-4-8-12/h1-3,5-7,12H,4,8,11H2/b6-3+. The predicted octanol–water partition coefficient (Wildman–Crippen LogP) is 1.66. The molecular weight excluding hydrogens is 150 g/mol. The summed E-state index contributed by atoms with van der Waals surface area (Å²) in [7, 11) is 0. The molecule has 0 spiro atoms. The van der Waals surface area contributed by atoms with E-state index in [-0.39, 0.29) is 6.61 Å². The highest BCUT2D eigenvalue weighted by Crippen LogP contribution is 2.12. The Morgan fingerprint density at radius 3 is 2.75 bits per heavy atom. The quantitative estimate of drug-likeness (QED) is 0.666. The van der Waals surface area contributed by atoms with Gasteiger partial charge in [-0.1, -0.05) is 30.4 Å². The number of hydrogen-bond donors (Lipinski definition) is 2. The average molecular weight is 163 g/mol. The zero-order valence-corrected chi connectivity index (χ0v) is 6.90. The summed E-state index contributed by atoms with van der Waals surface area (Å²) >= 11 is 0. The minimum absolute atomic E-state index is 0.184. The summed E-state index contributed by atoms with van der Waals surface area (Å²) in [5.74, 6) is 0. The van der Waals surface area contributed by atoms with Crippen LogP contribution in [0.5, 0.6) is 0 Å². The van der Waals surface area contributed by atoms with E-state index in [1.54, 1.807) is 0 Å². The van der Waals surface area contributed by atoms with Gasteiger partial charge in [-0.3, -0.25) is 0 Å². The first kappa shape index (κ1) is 8.81. The van der Waals surface area contributed by atoms with Crippen LogP contribution in [0.15, 0.2) is 30.3 Å². The summed E-state index contributed by atoms with van der Waals surface area (Å²) in [5, 5.41) is 8.53. The van der Waals surface area contributed by atoms with Crippen LogP contribution in [0, 0.1) is 0 Å². The van der Waals surface area contributed by atoms with Gasteiger partial charge in [-0.2, -0.15) is 0 Å². The lowest BCUT2D eigenvalue weighted by Crippen LogP contribution is -1.87. The lowest BCUT2D eigenvalue weighted by atomic mass is 10.1. The maximum atomic E-state index is 8.53. The Bertz CT molecular complexity index is 268. The SMILES string of the molecule is Nc1ccccc1/C=C/CCO. The molecule has 0 saturated heterocycles. The van der Waals surface area contributed by atoms with Gasteiger partial charge in [0.05, 0.1) is 0 Å². The van der Waals surface area contributed by atoms with E-state index < -0.39 is 0 Å². The number of anilines is 1. The van der Waals surface area contributed by atoms with Crippen molar-refractivity contribution in [1.29, 1.82) is 0 Å². The number of rotatable bonds is 3. The molecule has 0 amide bonds. The molecule has 0 bridgehead atoms. The minimum Gasteiger partial charge on any atom is -0.398 e. The van der Waals surface area contributed by atoms with Crippen LogP contribution in [-0.4, -0.2) is 11.7 Å². The van der Waals surface area contributed by atoms with E-state index >= 15 is 0 Å². The normalized spacial score (nSPS) is 10.8. The highest BCUT2D eigenvalue weighted by molar-refractivity contribution is 5.63.